The van der Waals surface area contributed by atoms with Gasteiger partial charge in [0.25, 0.3) is 0 Å². The molecule has 0 aliphatic rings. The molecule has 2 N–H and O–H groups in total. The van der Waals surface area contributed by atoms with Crippen LogP contribution in [0.3, 0.4) is 0 Å². The smallest absolute Gasteiger partial charge is 0.160 e. The van der Waals surface area contributed by atoms with E-state index in [9.17, 15) is 0 Å². The molecule has 0 spiro atoms. The van der Waals surface area contributed by atoms with E-state index in [1.807, 2.05) is 10.6 Å². The van der Waals surface area contributed by atoms with Gasteiger partial charge in [-0.05, 0) is 15.9 Å². The summed E-state index contributed by atoms with van der Waals surface area (Å²) in [5, 5.41) is 0. The summed E-state index contributed by atoms with van der Waals surface area (Å²) in [6.45, 7) is 0.411. The van der Waals surface area contributed by atoms with Gasteiger partial charge >= 0.3 is 0 Å². The van der Waals surface area contributed by atoms with Gasteiger partial charge in [-0.2, -0.15) is 0 Å². The van der Waals surface area contributed by atoms with Gasteiger partial charge in [-0.25, -0.2) is 4.98 Å². The number of aromatic nitrogens is 3. The summed E-state index contributed by atoms with van der Waals surface area (Å²) in [5.74, 6) is 0. The Labute approximate surface area is 77.6 Å². The van der Waals surface area contributed by atoms with Crippen molar-refractivity contribution in [1.82, 2.24) is 14.4 Å². The summed E-state index contributed by atoms with van der Waals surface area (Å²) in [4.78, 5) is 8.27. The number of fused-ring (bicyclic) bond motifs is 1. The molecule has 0 aromatic carbocycles. The van der Waals surface area contributed by atoms with Gasteiger partial charge in [-0.3, -0.25) is 9.38 Å². The van der Waals surface area contributed by atoms with E-state index in [-0.39, 0.29) is 0 Å². The van der Waals surface area contributed by atoms with E-state index in [0.29, 0.717) is 6.54 Å². The monoisotopic (exact) mass is 226 g/mol. The highest BCUT2D eigenvalue weighted by Gasteiger charge is 2.03. The molecule has 0 unspecified atom stereocenters. The molecule has 5 heteroatoms. The SMILES string of the molecule is NCc1nccn2c(Br)cnc12. The second-order valence-electron chi connectivity index (χ2n) is 2.35. The number of nitrogens with zero attached hydrogens (tertiary/aromatic N) is 3. The summed E-state index contributed by atoms with van der Waals surface area (Å²) >= 11 is 3.36. The molecule has 2 rings (SSSR count). The number of imidazole rings is 1. The first-order valence-electron chi connectivity index (χ1n) is 3.49. The maximum absolute atomic E-state index is 5.49. The van der Waals surface area contributed by atoms with Gasteiger partial charge in [0.05, 0.1) is 11.9 Å². The lowest BCUT2D eigenvalue weighted by Crippen LogP contribution is -2.02. The van der Waals surface area contributed by atoms with E-state index in [1.54, 1.807) is 12.4 Å². The highest BCUT2D eigenvalue weighted by molar-refractivity contribution is 9.10. The van der Waals surface area contributed by atoms with Crippen LogP contribution in [0.2, 0.25) is 0 Å². The van der Waals surface area contributed by atoms with Crippen molar-refractivity contribution < 1.29 is 0 Å². The van der Waals surface area contributed by atoms with Crippen molar-refractivity contribution in [3.63, 3.8) is 0 Å². The van der Waals surface area contributed by atoms with Crippen molar-refractivity contribution in [3.05, 3.63) is 28.9 Å². The molecule has 0 fully saturated rings. The van der Waals surface area contributed by atoms with Gasteiger partial charge in [0, 0.05) is 18.9 Å². The zero-order valence-electron chi connectivity index (χ0n) is 6.24. The van der Waals surface area contributed by atoms with Crippen molar-refractivity contribution in [2.75, 3.05) is 0 Å². The van der Waals surface area contributed by atoms with Gasteiger partial charge in [0.15, 0.2) is 5.65 Å². The zero-order chi connectivity index (χ0) is 8.55. The maximum Gasteiger partial charge on any atom is 0.160 e. The van der Waals surface area contributed by atoms with E-state index >= 15 is 0 Å². The average Bonchev–Trinajstić information content (AvgIpc) is 2.48. The molecule has 0 saturated heterocycles. The standard InChI is InChI=1S/C7H7BrN4/c8-6-4-11-7-5(3-9)10-1-2-12(6)7/h1-2,4H,3,9H2. The van der Waals surface area contributed by atoms with Crippen LogP contribution in [0.1, 0.15) is 5.69 Å². The van der Waals surface area contributed by atoms with Crippen LogP contribution < -0.4 is 5.73 Å². The number of hydrogen-bond donors (Lipinski definition) is 1. The number of halogens is 1. The van der Waals surface area contributed by atoms with Gasteiger partial charge in [0.1, 0.15) is 4.60 Å². The molecule has 0 bridgehead atoms. The highest BCUT2D eigenvalue weighted by atomic mass is 79.9. The lowest BCUT2D eigenvalue weighted by Gasteiger charge is -1.98. The fourth-order valence-electron chi connectivity index (χ4n) is 1.09. The third-order valence-corrected chi connectivity index (χ3v) is 2.24. The van der Waals surface area contributed by atoms with Crippen LogP contribution in [0.4, 0.5) is 0 Å². The first-order chi connectivity index (χ1) is 5.83. The van der Waals surface area contributed by atoms with Crippen LogP contribution in [0, 0.1) is 0 Å². The molecular weight excluding hydrogens is 220 g/mol. The third-order valence-electron chi connectivity index (χ3n) is 1.65. The Hall–Kier alpha value is -0.940. The summed E-state index contributed by atoms with van der Waals surface area (Å²) < 4.78 is 2.81. The van der Waals surface area contributed by atoms with E-state index in [2.05, 4.69) is 25.9 Å². The normalized spacial score (nSPS) is 10.8. The average molecular weight is 227 g/mol. The number of rotatable bonds is 1. The largest absolute Gasteiger partial charge is 0.325 e. The molecule has 2 aromatic rings. The first kappa shape index (κ1) is 7.70. The fraction of sp³-hybridized carbons (Fsp3) is 0.143. The summed E-state index contributed by atoms with van der Waals surface area (Å²) in [7, 11) is 0. The van der Waals surface area contributed by atoms with Crippen LogP contribution in [0.15, 0.2) is 23.2 Å². The van der Waals surface area contributed by atoms with Crippen LogP contribution in [0.5, 0.6) is 0 Å². The molecule has 0 aliphatic carbocycles. The Morgan fingerprint density at radius 3 is 3.08 bits per heavy atom. The Bertz CT molecular complexity index is 409. The molecule has 0 atom stereocenters. The fourth-order valence-corrected chi connectivity index (χ4v) is 1.48. The molecule has 2 aromatic heterocycles. The van der Waals surface area contributed by atoms with Crippen LogP contribution in [-0.4, -0.2) is 14.4 Å². The molecule has 12 heavy (non-hydrogen) atoms. The Kier molecular flexibility index (Phi) is 1.82. The summed E-state index contributed by atoms with van der Waals surface area (Å²) in [6.07, 6.45) is 5.28. The van der Waals surface area contributed by atoms with Crippen LogP contribution in [-0.2, 0) is 6.54 Å². The topological polar surface area (TPSA) is 56.2 Å². The second kappa shape index (κ2) is 2.84. The van der Waals surface area contributed by atoms with Gasteiger partial charge in [0.2, 0.25) is 0 Å². The van der Waals surface area contributed by atoms with E-state index in [0.717, 1.165) is 15.9 Å². The second-order valence-corrected chi connectivity index (χ2v) is 3.17. The van der Waals surface area contributed by atoms with Crippen LogP contribution >= 0.6 is 15.9 Å². The number of nitrogens with two attached hydrogens (primary N) is 1. The maximum atomic E-state index is 5.49. The number of hydrogen-bond acceptors (Lipinski definition) is 3. The van der Waals surface area contributed by atoms with E-state index < -0.39 is 0 Å². The van der Waals surface area contributed by atoms with Crippen molar-refractivity contribution in [2.24, 2.45) is 5.73 Å². The third kappa shape index (κ3) is 1.02. The van der Waals surface area contributed by atoms with Crippen molar-refractivity contribution in [2.45, 2.75) is 6.54 Å². The Morgan fingerprint density at radius 2 is 2.33 bits per heavy atom. The van der Waals surface area contributed by atoms with Crippen LogP contribution in [0.25, 0.3) is 5.65 Å². The lowest BCUT2D eigenvalue weighted by molar-refractivity contribution is 0.958. The molecule has 0 saturated carbocycles. The minimum atomic E-state index is 0.411. The molecule has 62 valence electrons. The first-order valence-corrected chi connectivity index (χ1v) is 4.28. The lowest BCUT2D eigenvalue weighted by atomic mass is 10.4. The summed E-state index contributed by atoms with van der Waals surface area (Å²) in [6, 6.07) is 0. The predicted molar refractivity (Wildman–Crippen MR) is 48.6 cm³/mol. The highest BCUT2D eigenvalue weighted by Crippen LogP contribution is 2.13. The molecule has 2 heterocycles. The van der Waals surface area contributed by atoms with E-state index in [4.69, 9.17) is 5.73 Å². The Morgan fingerprint density at radius 1 is 1.50 bits per heavy atom. The van der Waals surface area contributed by atoms with Crippen molar-refractivity contribution in [1.29, 1.82) is 0 Å². The summed E-state index contributed by atoms with van der Waals surface area (Å²) in [5.41, 5.74) is 7.11. The molecule has 4 nitrogen and oxygen atoms in total. The predicted octanol–water partition coefficient (Wildman–Crippen LogP) is 0.950. The minimum absolute atomic E-state index is 0.411. The van der Waals surface area contributed by atoms with Gasteiger partial charge in [-0.15, -0.1) is 0 Å². The molecule has 0 amide bonds. The van der Waals surface area contributed by atoms with Gasteiger partial charge in [-0.1, -0.05) is 0 Å². The van der Waals surface area contributed by atoms with Crippen molar-refractivity contribution in [3.8, 4) is 0 Å². The molecule has 0 radical (unpaired) electrons. The minimum Gasteiger partial charge on any atom is -0.325 e. The van der Waals surface area contributed by atoms with Gasteiger partial charge < -0.3 is 5.73 Å². The Balaban J connectivity index is 2.81. The molecular formula is C7H7BrN4. The quantitative estimate of drug-likeness (QED) is 0.788. The molecule has 0 aliphatic heterocycles. The van der Waals surface area contributed by atoms with Crippen molar-refractivity contribution >= 4 is 21.6 Å². The van der Waals surface area contributed by atoms with E-state index in [1.165, 1.54) is 0 Å². The zero-order valence-corrected chi connectivity index (χ0v) is 7.82.